The Kier molecular flexibility index (Phi) is 4.26. The summed E-state index contributed by atoms with van der Waals surface area (Å²) in [6, 6.07) is 11.5. The van der Waals surface area contributed by atoms with Crippen molar-refractivity contribution in [1.29, 1.82) is 0 Å². The Morgan fingerprint density at radius 2 is 1.67 bits per heavy atom. The number of hydrogen-bond donors (Lipinski definition) is 1. The molecule has 2 aromatic carbocycles. The Morgan fingerprint density at radius 3 is 2.29 bits per heavy atom. The Morgan fingerprint density at radius 1 is 1.05 bits per heavy atom. The molecule has 0 bridgehead atoms. The van der Waals surface area contributed by atoms with E-state index < -0.39 is 0 Å². The maximum atomic E-state index is 11.2. The van der Waals surface area contributed by atoms with Gasteiger partial charge in [-0.3, -0.25) is 10.1 Å². The summed E-state index contributed by atoms with van der Waals surface area (Å²) >= 11 is 0. The first-order valence-corrected chi connectivity index (χ1v) is 6.98. The number of nitro benzene ring substituents is 1. The highest BCUT2D eigenvalue weighted by Gasteiger charge is 2.18. The van der Waals surface area contributed by atoms with Crippen molar-refractivity contribution in [2.75, 3.05) is 5.32 Å². The molecule has 0 spiro atoms. The molecule has 0 saturated heterocycles. The normalized spacial score (nSPS) is 12.0. The molecule has 1 unspecified atom stereocenters. The topological polar surface area (TPSA) is 55.2 Å². The van der Waals surface area contributed by atoms with Gasteiger partial charge < -0.3 is 5.32 Å². The molecule has 0 radical (unpaired) electrons. The summed E-state index contributed by atoms with van der Waals surface area (Å²) in [5.41, 5.74) is 4.97. The minimum absolute atomic E-state index is 0.00649. The van der Waals surface area contributed by atoms with E-state index in [0.717, 1.165) is 16.7 Å². The summed E-state index contributed by atoms with van der Waals surface area (Å²) in [6.07, 6.45) is 0. The first-order chi connectivity index (χ1) is 9.90. The highest BCUT2D eigenvalue weighted by molar-refractivity contribution is 5.65. The number of nitrogens with zero attached hydrogens (tertiary/aromatic N) is 1. The fourth-order valence-corrected chi connectivity index (χ4v) is 2.45. The fraction of sp³-hybridized carbons (Fsp3) is 0.294. The van der Waals surface area contributed by atoms with Crippen LogP contribution in [0.5, 0.6) is 0 Å². The van der Waals surface area contributed by atoms with Crippen LogP contribution in [0.15, 0.2) is 36.4 Å². The van der Waals surface area contributed by atoms with Crippen LogP contribution in [0.4, 0.5) is 11.4 Å². The second-order valence-electron chi connectivity index (χ2n) is 5.43. The number of nitrogens with one attached hydrogen (secondary N) is 1. The Hall–Kier alpha value is -2.36. The van der Waals surface area contributed by atoms with E-state index in [-0.39, 0.29) is 16.7 Å². The van der Waals surface area contributed by atoms with Gasteiger partial charge >= 0.3 is 0 Å². The van der Waals surface area contributed by atoms with Crippen LogP contribution in [0, 0.1) is 30.9 Å². The summed E-state index contributed by atoms with van der Waals surface area (Å²) in [7, 11) is 0. The van der Waals surface area contributed by atoms with Crippen LogP contribution in [0.2, 0.25) is 0 Å². The van der Waals surface area contributed by atoms with E-state index in [4.69, 9.17) is 0 Å². The zero-order valence-electron chi connectivity index (χ0n) is 12.8. The molecule has 4 heteroatoms. The summed E-state index contributed by atoms with van der Waals surface area (Å²) in [5.74, 6) is 0. The molecule has 2 aromatic rings. The lowest BCUT2D eigenvalue weighted by molar-refractivity contribution is -0.384. The maximum Gasteiger partial charge on any atom is 0.292 e. The van der Waals surface area contributed by atoms with E-state index in [1.807, 2.05) is 58.0 Å². The van der Waals surface area contributed by atoms with E-state index in [1.165, 1.54) is 5.56 Å². The van der Waals surface area contributed by atoms with Gasteiger partial charge in [-0.1, -0.05) is 24.3 Å². The number of benzene rings is 2. The lowest BCUT2D eigenvalue weighted by atomic mass is 10.0. The second-order valence-corrected chi connectivity index (χ2v) is 5.43. The summed E-state index contributed by atoms with van der Waals surface area (Å²) in [6.45, 7) is 7.91. The Bertz CT molecular complexity index is 680. The predicted molar refractivity (Wildman–Crippen MR) is 85.8 cm³/mol. The zero-order valence-corrected chi connectivity index (χ0v) is 12.8. The Labute approximate surface area is 125 Å². The van der Waals surface area contributed by atoms with E-state index in [1.54, 1.807) is 6.07 Å². The minimum Gasteiger partial charge on any atom is -0.373 e. The highest BCUT2D eigenvalue weighted by atomic mass is 16.6. The molecule has 110 valence electrons. The first-order valence-electron chi connectivity index (χ1n) is 6.98. The molecule has 0 saturated carbocycles. The SMILES string of the molecule is Cc1cc(NC(C)c2ccccc2C)c([N+](=O)[O-])cc1C. The van der Waals surface area contributed by atoms with Gasteiger partial charge in [0.25, 0.3) is 5.69 Å². The summed E-state index contributed by atoms with van der Waals surface area (Å²) < 4.78 is 0. The van der Waals surface area contributed by atoms with Crippen LogP contribution in [-0.2, 0) is 0 Å². The van der Waals surface area contributed by atoms with Crippen molar-refractivity contribution in [3.63, 3.8) is 0 Å². The molecule has 0 aliphatic carbocycles. The van der Waals surface area contributed by atoms with Gasteiger partial charge in [0.15, 0.2) is 0 Å². The standard InChI is InChI=1S/C17H20N2O2/c1-11-7-5-6-8-15(11)14(4)18-16-9-12(2)13(3)10-17(16)19(20)21/h5-10,14,18H,1-4H3. The fourth-order valence-electron chi connectivity index (χ4n) is 2.45. The largest absolute Gasteiger partial charge is 0.373 e. The predicted octanol–water partition coefficient (Wildman–Crippen LogP) is 4.69. The van der Waals surface area contributed by atoms with Crippen molar-refractivity contribution in [3.05, 3.63) is 68.8 Å². The van der Waals surface area contributed by atoms with Crippen LogP contribution in [-0.4, -0.2) is 4.92 Å². The van der Waals surface area contributed by atoms with Crippen LogP contribution in [0.25, 0.3) is 0 Å². The van der Waals surface area contributed by atoms with Crippen molar-refractivity contribution < 1.29 is 4.92 Å². The summed E-state index contributed by atoms with van der Waals surface area (Å²) in [4.78, 5) is 10.9. The molecule has 4 nitrogen and oxygen atoms in total. The average Bonchev–Trinajstić information content (AvgIpc) is 2.42. The molecule has 0 aromatic heterocycles. The van der Waals surface area contributed by atoms with Crippen LogP contribution in [0.1, 0.15) is 35.2 Å². The molecule has 2 rings (SSSR count). The molecular formula is C17H20N2O2. The second kappa shape index (κ2) is 5.95. The van der Waals surface area contributed by atoms with Crippen molar-refractivity contribution in [3.8, 4) is 0 Å². The van der Waals surface area contributed by atoms with Gasteiger partial charge in [-0.15, -0.1) is 0 Å². The average molecular weight is 284 g/mol. The van der Waals surface area contributed by atoms with E-state index >= 15 is 0 Å². The monoisotopic (exact) mass is 284 g/mol. The third kappa shape index (κ3) is 3.21. The molecule has 0 amide bonds. The third-order valence-electron chi connectivity index (χ3n) is 3.84. The molecule has 1 atom stereocenters. The van der Waals surface area contributed by atoms with Crippen molar-refractivity contribution >= 4 is 11.4 Å². The van der Waals surface area contributed by atoms with Gasteiger partial charge in [0.05, 0.1) is 4.92 Å². The molecule has 0 aliphatic rings. The van der Waals surface area contributed by atoms with Gasteiger partial charge in [0.1, 0.15) is 5.69 Å². The highest BCUT2D eigenvalue weighted by Crippen LogP contribution is 2.31. The lowest BCUT2D eigenvalue weighted by Gasteiger charge is -2.18. The Balaban J connectivity index is 2.37. The zero-order chi connectivity index (χ0) is 15.6. The van der Waals surface area contributed by atoms with Gasteiger partial charge in [-0.2, -0.15) is 0 Å². The van der Waals surface area contributed by atoms with Gasteiger partial charge in [0, 0.05) is 12.1 Å². The smallest absolute Gasteiger partial charge is 0.292 e. The number of anilines is 1. The third-order valence-corrected chi connectivity index (χ3v) is 3.84. The van der Waals surface area contributed by atoms with Crippen LogP contribution in [0.3, 0.4) is 0 Å². The number of aryl methyl sites for hydroxylation is 3. The van der Waals surface area contributed by atoms with E-state index in [9.17, 15) is 10.1 Å². The van der Waals surface area contributed by atoms with E-state index in [0.29, 0.717) is 5.69 Å². The molecule has 1 N–H and O–H groups in total. The number of rotatable bonds is 4. The van der Waals surface area contributed by atoms with Gasteiger partial charge in [-0.05, 0) is 56.0 Å². The number of nitro groups is 1. The van der Waals surface area contributed by atoms with Gasteiger partial charge in [0.2, 0.25) is 0 Å². The molecule has 0 heterocycles. The number of hydrogen-bond acceptors (Lipinski definition) is 3. The van der Waals surface area contributed by atoms with Crippen molar-refractivity contribution in [2.24, 2.45) is 0 Å². The van der Waals surface area contributed by atoms with E-state index in [2.05, 4.69) is 5.32 Å². The molecule has 21 heavy (non-hydrogen) atoms. The molecular weight excluding hydrogens is 264 g/mol. The van der Waals surface area contributed by atoms with Crippen LogP contribution < -0.4 is 5.32 Å². The lowest BCUT2D eigenvalue weighted by Crippen LogP contribution is -2.10. The van der Waals surface area contributed by atoms with Gasteiger partial charge in [-0.25, -0.2) is 0 Å². The van der Waals surface area contributed by atoms with Crippen LogP contribution >= 0.6 is 0 Å². The maximum absolute atomic E-state index is 11.2. The molecule has 0 fully saturated rings. The summed E-state index contributed by atoms with van der Waals surface area (Å²) in [5, 5.41) is 14.5. The quantitative estimate of drug-likeness (QED) is 0.654. The van der Waals surface area contributed by atoms with Crippen molar-refractivity contribution in [1.82, 2.24) is 0 Å². The first kappa shape index (κ1) is 15.0. The minimum atomic E-state index is -0.334. The molecule has 0 aliphatic heterocycles. The van der Waals surface area contributed by atoms with Crippen molar-refractivity contribution in [2.45, 2.75) is 33.7 Å².